The van der Waals surface area contributed by atoms with Gasteiger partial charge >= 0.3 is 0 Å². The number of nitro benzene ring substituents is 1. The number of nitrogens with zero attached hydrogens (tertiary/aromatic N) is 2. The van der Waals surface area contributed by atoms with Crippen LogP contribution in [0.15, 0.2) is 52.3 Å². The minimum absolute atomic E-state index is 0.0157. The smallest absolute Gasteiger partial charge is 0.269 e. The number of sulfonamides is 1. The molecule has 0 spiro atoms. The van der Waals surface area contributed by atoms with E-state index in [4.69, 9.17) is 0 Å². The van der Waals surface area contributed by atoms with Crippen molar-refractivity contribution in [3.8, 4) is 0 Å². The van der Waals surface area contributed by atoms with Crippen molar-refractivity contribution in [3.63, 3.8) is 0 Å². The second kappa shape index (κ2) is 10.1. The summed E-state index contributed by atoms with van der Waals surface area (Å²) >= 11 is 1.26. The monoisotopic (exact) mass is 451 g/mol. The molecule has 2 aromatic rings. The van der Waals surface area contributed by atoms with Crippen LogP contribution in [0.4, 0.5) is 11.4 Å². The highest BCUT2D eigenvalue weighted by Crippen LogP contribution is 2.27. The van der Waals surface area contributed by atoms with Crippen LogP contribution in [0.25, 0.3) is 0 Å². The molecule has 2 rings (SSSR count). The first-order chi connectivity index (χ1) is 14.1. The lowest BCUT2D eigenvalue weighted by molar-refractivity contribution is -0.384. The van der Waals surface area contributed by atoms with Crippen molar-refractivity contribution >= 4 is 39.1 Å². The third-order valence-corrected chi connectivity index (χ3v) is 7.81. The summed E-state index contributed by atoms with van der Waals surface area (Å²) in [6.07, 6.45) is 0. The first-order valence-corrected chi connectivity index (χ1v) is 11.7. The van der Waals surface area contributed by atoms with Gasteiger partial charge in [0.05, 0.1) is 15.1 Å². The first-order valence-electron chi connectivity index (χ1n) is 9.42. The van der Waals surface area contributed by atoms with E-state index >= 15 is 0 Å². The van der Waals surface area contributed by atoms with Gasteiger partial charge < -0.3 is 5.32 Å². The molecule has 1 unspecified atom stereocenters. The zero-order chi connectivity index (χ0) is 22.5. The predicted molar refractivity (Wildman–Crippen MR) is 118 cm³/mol. The number of aryl methyl sites for hydroxylation is 1. The molecule has 0 aliphatic carbocycles. The lowest BCUT2D eigenvalue weighted by Gasteiger charge is -2.20. The lowest BCUT2D eigenvalue weighted by Crippen LogP contribution is -2.31. The van der Waals surface area contributed by atoms with Crippen LogP contribution in [0, 0.1) is 17.0 Å². The molecule has 2 aromatic carbocycles. The van der Waals surface area contributed by atoms with Crippen molar-refractivity contribution in [2.45, 2.75) is 42.7 Å². The molecule has 8 nitrogen and oxygen atoms in total. The van der Waals surface area contributed by atoms with Gasteiger partial charge in [0.1, 0.15) is 0 Å². The van der Waals surface area contributed by atoms with Crippen LogP contribution in [0.5, 0.6) is 0 Å². The van der Waals surface area contributed by atoms with Crippen LogP contribution in [0.1, 0.15) is 26.3 Å². The standard InChI is InChI=1S/C20H25N3O5S2/c1-5-22(6-2)30(27,28)19-13-16(8-7-14(19)3)21-20(24)15(4)29-18-11-9-17(10-12-18)23(25)26/h7-13,15H,5-6H2,1-4H3,(H,21,24). The van der Waals surface area contributed by atoms with Crippen molar-refractivity contribution in [3.05, 3.63) is 58.1 Å². The maximum absolute atomic E-state index is 12.9. The number of carbonyl (C=O) groups excluding carboxylic acids is 1. The number of benzene rings is 2. The zero-order valence-electron chi connectivity index (χ0n) is 17.3. The number of thioether (sulfide) groups is 1. The molecule has 0 fully saturated rings. The first kappa shape index (κ1) is 23.8. The average molecular weight is 452 g/mol. The van der Waals surface area contributed by atoms with Crippen molar-refractivity contribution in [1.82, 2.24) is 4.31 Å². The van der Waals surface area contributed by atoms with Crippen LogP contribution < -0.4 is 5.32 Å². The molecule has 162 valence electrons. The SMILES string of the molecule is CCN(CC)S(=O)(=O)c1cc(NC(=O)C(C)Sc2ccc([N+](=O)[O-])cc2)ccc1C. The molecule has 0 saturated heterocycles. The van der Waals surface area contributed by atoms with Gasteiger partial charge in [0.2, 0.25) is 15.9 Å². The number of non-ortho nitro benzene ring substituents is 1. The molecule has 0 saturated carbocycles. The van der Waals surface area contributed by atoms with Gasteiger partial charge in [-0.25, -0.2) is 8.42 Å². The summed E-state index contributed by atoms with van der Waals surface area (Å²) < 4.78 is 27.1. The minimum atomic E-state index is -3.65. The van der Waals surface area contributed by atoms with Gasteiger partial charge in [-0.3, -0.25) is 14.9 Å². The molecule has 0 heterocycles. The number of hydrogen-bond acceptors (Lipinski definition) is 6. The van der Waals surface area contributed by atoms with Gasteiger partial charge in [-0.2, -0.15) is 4.31 Å². The van der Waals surface area contributed by atoms with Crippen LogP contribution in [0.3, 0.4) is 0 Å². The lowest BCUT2D eigenvalue weighted by atomic mass is 10.2. The Balaban J connectivity index is 2.15. The Morgan fingerprint density at radius 3 is 2.30 bits per heavy atom. The Hall–Kier alpha value is -2.43. The number of anilines is 1. The molecule has 0 aromatic heterocycles. The predicted octanol–water partition coefficient (Wildman–Crippen LogP) is 4.05. The number of rotatable bonds is 9. The van der Waals surface area contributed by atoms with Gasteiger partial charge in [-0.15, -0.1) is 11.8 Å². The highest BCUT2D eigenvalue weighted by atomic mass is 32.2. The number of nitro groups is 1. The molecular weight excluding hydrogens is 426 g/mol. The summed E-state index contributed by atoms with van der Waals surface area (Å²) in [7, 11) is -3.65. The van der Waals surface area contributed by atoms with Crippen LogP contribution >= 0.6 is 11.8 Å². The third kappa shape index (κ3) is 5.59. The second-order valence-corrected chi connectivity index (χ2v) is 9.89. The molecule has 30 heavy (non-hydrogen) atoms. The fraction of sp³-hybridized carbons (Fsp3) is 0.350. The van der Waals surface area contributed by atoms with Gasteiger partial charge in [-0.1, -0.05) is 19.9 Å². The van der Waals surface area contributed by atoms with Crippen LogP contribution in [0.2, 0.25) is 0 Å². The summed E-state index contributed by atoms with van der Waals surface area (Å²) in [5, 5.41) is 13.0. The fourth-order valence-electron chi connectivity index (χ4n) is 2.81. The summed E-state index contributed by atoms with van der Waals surface area (Å²) in [6, 6.07) is 10.8. The van der Waals surface area contributed by atoms with E-state index in [9.17, 15) is 23.3 Å². The number of hydrogen-bond donors (Lipinski definition) is 1. The summed E-state index contributed by atoms with van der Waals surface area (Å²) in [5.41, 5.74) is 0.985. The molecule has 10 heteroatoms. The average Bonchev–Trinajstić information content (AvgIpc) is 2.70. The minimum Gasteiger partial charge on any atom is -0.325 e. The Morgan fingerprint density at radius 1 is 1.17 bits per heavy atom. The molecule has 1 atom stereocenters. The molecule has 1 amide bonds. The van der Waals surface area contributed by atoms with Gasteiger partial charge in [0, 0.05) is 35.8 Å². The number of amides is 1. The van der Waals surface area contributed by atoms with Crippen molar-refractivity contribution < 1.29 is 18.1 Å². The van der Waals surface area contributed by atoms with Crippen molar-refractivity contribution in [2.75, 3.05) is 18.4 Å². The normalized spacial score (nSPS) is 12.6. The highest BCUT2D eigenvalue weighted by molar-refractivity contribution is 8.00. The molecule has 0 bridgehead atoms. The number of nitrogens with one attached hydrogen (secondary N) is 1. The van der Waals surface area contributed by atoms with E-state index in [1.54, 1.807) is 52.0 Å². The third-order valence-electron chi connectivity index (χ3n) is 4.51. The Kier molecular flexibility index (Phi) is 7.99. The summed E-state index contributed by atoms with van der Waals surface area (Å²) in [4.78, 5) is 23.7. The van der Waals surface area contributed by atoms with E-state index in [-0.39, 0.29) is 16.5 Å². The Bertz CT molecular complexity index is 1020. The van der Waals surface area contributed by atoms with E-state index in [1.807, 2.05) is 0 Å². The fourth-order valence-corrected chi connectivity index (χ4v) is 5.38. The van der Waals surface area contributed by atoms with Gasteiger partial charge in [-0.05, 0) is 43.7 Å². The molecular formula is C20H25N3O5S2. The van der Waals surface area contributed by atoms with Crippen molar-refractivity contribution in [2.24, 2.45) is 0 Å². The van der Waals surface area contributed by atoms with Crippen LogP contribution in [-0.4, -0.2) is 41.9 Å². The molecule has 0 aliphatic heterocycles. The van der Waals surface area contributed by atoms with Crippen LogP contribution in [-0.2, 0) is 14.8 Å². The van der Waals surface area contributed by atoms with Gasteiger partial charge in [0.25, 0.3) is 5.69 Å². The Morgan fingerprint density at radius 2 is 1.77 bits per heavy atom. The molecule has 0 aliphatic rings. The Labute approximate surface area is 180 Å². The summed E-state index contributed by atoms with van der Waals surface area (Å²) in [6.45, 7) is 7.70. The highest BCUT2D eigenvalue weighted by Gasteiger charge is 2.24. The number of carbonyl (C=O) groups is 1. The maximum Gasteiger partial charge on any atom is 0.269 e. The van der Waals surface area contributed by atoms with E-state index in [1.165, 1.54) is 34.3 Å². The van der Waals surface area contributed by atoms with E-state index in [2.05, 4.69) is 5.32 Å². The van der Waals surface area contributed by atoms with Crippen molar-refractivity contribution in [1.29, 1.82) is 0 Å². The van der Waals surface area contributed by atoms with E-state index in [0.29, 0.717) is 24.3 Å². The maximum atomic E-state index is 12.9. The quantitative estimate of drug-likeness (QED) is 0.350. The molecule has 0 radical (unpaired) electrons. The molecule has 1 N–H and O–H groups in total. The van der Waals surface area contributed by atoms with E-state index in [0.717, 1.165) is 4.90 Å². The zero-order valence-corrected chi connectivity index (χ0v) is 18.9. The topological polar surface area (TPSA) is 110 Å². The van der Waals surface area contributed by atoms with Gasteiger partial charge in [0.15, 0.2) is 0 Å². The second-order valence-electron chi connectivity index (χ2n) is 6.57. The summed E-state index contributed by atoms with van der Waals surface area (Å²) in [5.74, 6) is -0.298. The largest absolute Gasteiger partial charge is 0.325 e. The van der Waals surface area contributed by atoms with E-state index < -0.39 is 20.2 Å².